The SMILES string of the molecule is CC(O)C1CCN(C(=O)Cc2ccccc2)CC1. The number of carbonyl (C=O) groups is 1. The summed E-state index contributed by atoms with van der Waals surface area (Å²) in [6.07, 6.45) is 2.06. The average Bonchev–Trinajstić information content (AvgIpc) is 2.40. The van der Waals surface area contributed by atoms with Gasteiger partial charge in [0.25, 0.3) is 0 Å². The summed E-state index contributed by atoms with van der Waals surface area (Å²) in [5.74, 6) is 0.552. The van der Waals surface area contributed by atoms with Gasteiger partial charge < -0.3 is 10.0 Å². The summed E-state index contributed by atoms with van der Waals surface area (Å²) in [4.78, 5) is 14.0. The molecule has 0 radical (unpaired) electrons. The number of likely N-dealkylation sites (tertiary alicyclic amines) is 1. The zero-order valence-electron chi connectivity index (χ0n) is 10.9. The smallest absolute Gasteiger partial charge is 0.226 e. The van der Waals surface area contributed by atoms with Crippen LogP contribution in [0.15, 0.2) is 30.3 Å². The molecule has 1 unspecified atom stereocenters. The van der Waals surface area contributed by atoms with E-state index in [-0.39, 0.29) is 12.0 Å². The predicted octanol–water partition coefficient (Wildman–Crippen LogP) is 1.85. The lowest BCUT2D eigenvalue weighted by atomic mass is 9.92. The topological polar surface area (TPSA) is 40.5 Å². The molecule has 1 aliphatic heterocycles. The van der Waals surface area contributed by atoms with E-state index in [9.17, 15) is 9.90 Å². The predicted molar refractivity (Wildman–Crippen MR) is 71.1 cm³/mol. The molecule has 1 atom stereocenters. The molecule has 0 spiro atoms. The molecule has 1 fully saturated rings. The van der Waals surface area contributed by atoms with Gasteiger partial charge in [-0.1, -0.05) is 30.3 Å². The van der Waals surface area contributed by atoms with Gasteiger partial charge in [-0.25, -0.2) is 0 Å². The lowest BCUT2D eigenvalue weighted by Gasteiger charge is -2.33. The van der Waals surface area contributed by atoms with Crippen molar-refractivity contribution in [2.75, 3.05) is 13.1 Å². The van der Waals surface area contributed by atoms with Gasteiger partial charge in [-0.15, -0.1) is 0 Å². The van der Waals surface area contributed by atoms with Crippen LogP contribution in [0.1, 0.15) is 25.3 Å². The Kier molecular flexibility index (Phi) is 4.37. The van der Waals surface area contributed by atoms with E-state index in [2.05, 4.69) is 0 Å². The molecule has 3 nitrogen and oxygen atoms in total. The van der Waals surface area contributed by atoms with Gasteiger partial charge in [0.1, 0.15) is 0 Å². The number of piperidine rings is 1. The zero-order chi connectivity index (χ0) is 13.0. The minimum Gasteiger partial charge on any atom is -0.393 e. The lowest BCUT2D eigenvalue weighted by Crippen LogP contribution is -2.41. The molecule has 1 aromatic carbocycles. The van der Waals surface area contributed by atoms with E-state index < -0.39 is 0 Å². The molecule has 1 aliphatic rings. The van der Waals surface area contributed by atoms with Gasteiger partial charge >= 0.3 is 0 Å². The minimum absolute atomic E-state index is 0.199. The third kappa shape index (κ3) is 3.33. The molecule has 3 heteroatoms. The van der Waals surface area contributed by atoms with E-state index in [0.29, 0.717) is 12.3 Å². The monoisotopic (exact) mass is 247 g/mol. The standard InChI is InChI=1S/C15H21NO2/c1-12(17)14-7-9-16(10-8-14)15(18)11-13-5-3-2-4-6-13/h2-6,12,14,17H,7-11H2,1H3. The summed E-state index contributed by atoms with van der Waals surface area (Å²) in [6.45, 7) is 3.40. The van der Waals surface area contributed by atoms with Crippen LogP contribution in [0.25, 0.3) is 0 Å². The molecule has 1 amide bonds. The van der Waals surface area contributed by atoms with Crippen LogP contribution in [0.5, 0.6) is 0 Å². The Morgan fingerprint density at radius 2 is 1.94 bits per heavy atom. The van der Waals surface area contributed by atoms with E-state index in [0.717, 1.165) is 31.5 Å². The second-order valence-corrected chi connectivity index (χ2v) is 5.12. The average molecular weight is 247 g/mol. The maximum atomic E-state index is 12.1. The van der Waals surface area contributed by atoms with E-state index >= 15 is 0 Å². The Balaban J connectivity index is 1.85. The van der Waals surface area contributed by atoms with Gasteiger partial charge in [0, 0.05) is 13.1 Å². The molecule has 0 aliphatic carbocycles. The second kappa shape index (κ2) is 6.01. The van der Waals surface area contributed by atoms with Crippen LogP contribution in [0.2, 0.25) is 0 Å². The molecule has 1 N–H and O–H groups in total. The first-order chi connectivity index (χ1) is 8.66. The van der Waals surface area contributed by atoms with Gasteiger partial charge in [0.15, 0.2) is 0 Å². The molecular weight excluding hydrogens is 226 g/mol. The van der Waals surface area contributed by atoms with Crippen LogP contribution in [-0.2, 0) is 11.2 Å². The van der Waals surface area contributed by atoms with Gasteiger partial charge in [-0.3, -0.25) is 4.79 Å². The Morgan fingerprint density at radius 3 is 2.50 bits per heavy atom. The first-order valence-electron chi connectivity index (χ1n) is 6.66. The van der Waals surface area contributed by atoms with Gasteiger partial charge in [-0.05, 0) is 31.2 Å². The van der Waals surface area contributed by atoms with Crippen molar-refractivity contribution >= 4 is 5.91 Å². The van der Waals surface area contributed by atoms with Crippen LogP contribution in [0.4, 0.5) is 0 Å². The zero-order valence-corrected chi connectivity index (χ0v) is 10.9. The normalized spacial score (nSPS) is 18.7. The van der Waals surface area contributed by atoms with Crippen LogP contribution < -0.4 is 0 Å². The number of hydrogen-bond donors (Lipinski definition) is 1. The van der Waals surface area contributed by atoms with E-state index in [1.807, 2.05) is 42.2 Å². The molecule has 1 aromatic rings. The highest BCUT2D eigenvalue weighted by Gasteiger charge is 2.25. The number of aliphatic hydroxyl groups is 1. The number of amides is 1. The molecule has 0 aromatic heterocycles. The number of nitrogens with zero attached hydrogens (tertiary/aromatic N) is 1. The second-order valence-electron chi connectivity index (χ2n) is 5.12. The Morgan fingerprint density at radius 1 is 1.33 bits per heavy atom. The van der Waals surface area contributed by atoms with Crippen molar-refractivity contribution in [3.8, 4) is 0 Å². The van der Waals surface area contributed by atoms with Crippen LogP contribution in [-0.4, -0.2) is 35.1 Å². The summed E-state index contributed by atoms with van der Waals surface area (Å²) in [7, 11) is 0. The third-order valence-electron chi connectivity index (χ3n) is 3.77. The van der Waals surface area contributed by atoms with Crippen molar-refractivity contribution < 1.29 is 9.90 Å². The number of benzene rings is 1. The molecule has 1 heterocycles. The fraction of sp³-hybridized carbons (Fsp3) is 0.533. The number of hydrogen-bond acceptors (Lipinski definition) is 2. The van der Waals surface area contributed by atoms with Gasteiger partial charge in [-0.2, -0.15) is 0 Å². The molecular formula is C15H21NO2. The molecule has 0 bridgehead atoms. The summed E-state index contributed by atoms with van der Waals surface area (Å²) < 4.78 is 0. The van der Waals surface area contributed by atoms with Crippen molar-refractivity contribution in [2.24, 2.45) is 5.92 Å². The largest absolute Gasteiger partial charge is 0.393 e. The fourth-order valence-electron chi connectivity index (χ4n) is 2.51. The quantitative estimate of drug-likeness (QED) is 0.885. The maximum absolute atomic E-state index is 12.1. The maximum Gasteiger partial charge on any atom is 0.226 e. The van der Waals surface area contributed by atoms with E-state index in [4.69, 9.17) is 0 Å². The highest BCUT2D eigenvalue weighted by Crippen LogP contribution is 2.21. The van der Waals surface area contributed by atoms with Crippen molar-refractivity contribution in [3.05, 3.63) is 35.9 Å². The third-order valence-corrected chi connectivity index (χ3v) is 3.77. The summed E-state index contributed by atoms with van der Waals surface area (Å²) in [6, 6.07) is 9.85. The number of rotatable bonds is 3. The minimum atomic E-state index is -0.253. The van der Waals surface area contributed by atoms with Crippen LogP contribution >= 0.6 is 0 Å². The molecule has 98 valence electrons. The first kappa shape index (κ1) is 13.1. The van der Waals surface area contributed by atoms with E-state index in [1.165, 1.54) is 0 Å². The summed E-state index contributed by atoms with van der Waals surface area (Å²) in [5.41, 5.74) is 1.07. The highest BCUT2D eigenvalue weighted by molar-refractivity contribution is 5.78. The van der Waals surface area contributed by atoms with Crippen molar-refractivity contribution in [3.63, 3.8) is 0 Å². The number of carbonyl (C=O) groups excluding carboxylic acids is 1. The van der Waals surface area contributed by atoms with Gasteiger partial charge in [0.2, 0.25) is 5.91 Å². The van der Waals surface area contributed by atoms with Gasteiger partial charge in [0.05, 0.1) is 12.5 Å². The van der Waals surface area contributed by atoms with Crippen molar-refractivity contribution in [1.29, 1.82) is 0 Å². The lowest BCUT2D eigenvalue weighted by molar-refractivity contribution is -0.132. The number of aliphatic hydroxyl groups excluding tert-OH is 1. The van der Waals surface area contributed by atoms with Crippen LogP contribution in [0.3, 0.4) is 0 Å². The molecule has 1 saturated heterocycles. The first-order valence-corrected chi connectivity index (χ1v) is 6.66. The Labute approximate surface area is 108 Å². The van der Waals surface area contributed by atoms with Crippen molar-refractivity contribution in [2.45, 2.75) is 32.3 Å². The highest BCUT2D eigenvalue weighted by atomic mass is 16.3. The summed E-state index contributed by atoms with van der Waals surface area (Å²) in [5, 5.41) is 9.53. The molecule has 18 heavy (non-hydrogen) atoms. The fourth-order valence-corrected chi connectivity index (χ4v) is 2.51. The molecule has 2 rings (SSSR count). The summed E-state index contributed by atoms with van der Waals surface area (Å²) >= 11 is 0. The van der Waals surface area contributed by atoms with Crippen molar-refractivity contribution in [1.82, 2.24) is 4.90 Å². The Hall–Kier alpha value is -1.35. The Bertz CT molecular complexity index is 381. The van der Waals surface area contributed by atoms with E-state index in [1.54, 1.807) is 0 Å². The molecule has 0 saturated carbocycles. The van der Waals surface area contributed by atoms with Crippen LogP contribution in [0, 0.1) is 5.92 Å².